The Balaban J connectivity index is 2.69. The number of hydrogen-bond donors (Lipinski definition) is 0. The molecule has 0 unspecified atom stereocenters. The second kappa shape index (κ2) is 4.65. The molecular weight excluding hydrogens is 294 g/mol. The van der Waals surface area contributed by atoms with Gasteiger partial charge in [0, 0.05) is 9.45 Å². The zero-order valence-corrected chi connectivity index (χ0v) is 10.9. The molecule has 0 saturated carbocycles. The van der Waals surface area contributed by atoms with Crippen LogP contribution in [0.15, 0.2) is 24.3 Å². The van der Waals surface area contributed by atoms with Gasteiger partial charge in [-0.1, -0.05) is 26.0 Å². The van der Waals surface area contributed by atoms with Crippen LogP contribution in [-0.2, 0) is 6.42 Å². The van der Waals surface area contributed by atoms with E-state index in [-0.39, 0.29) is 5.41 Å². The normalized spacial score (nSPS) is 11.7. The zero-order chi connectivity index (χ0) is 9.90. The highest BCUT2D eigenvalue weighted by atomic mass is 127. The van der Waals surface area contributed by atoms with Gasteiger partial charge in [0.05, 0.1) is 0 Å². The average Bonchev–Trinajstić information content (AvgIpc) is 2.09. The summed E-state index contributed by atoms with van der Waals surface area (Å²) in [6, 6.07) is 8.63. The van der Waals surface area contributed by atoms with Crippen molar-refractivity contribution in [2.24, 2.45) is 5.41 Å². The van der Waals surface area contributed by atoms with E-state index in [0.717, 1.165) is 6.42 Å². The predicted molar refractivity (Wildman–Crippen MR) is 67.4 cm³/mol. The number of benzene rings is 1. The molecule has 0 nitrogen and oxygen atoms in total. The summed E-state index contributed by atoms with van der Waals surface area (Å²) in [6.07, 6.45) is 1.05. The third kappa shape index (κ3) is 3.86. The van der Waals surface area contributed by atoms with E-state index in [0.29, 0.717) is 5.88 Å². The van der Waals surface area contributed by atoms with Crippen LogP contribution in [0.5, 0.6) is 0 Å². The van der Waals surface area contributed by atoms with Gasteiger partial charge < -0.3 is 0 Å². The van der Waals surface area contributed by atoms with E-state index in [2.05, 4.69) is 60.7 Å². The lowest BCUT2D eigenvalue weighted by molar-refractivity contribution is 0.418. The van der Waals surface area contributed by atoms with Crippen molar-refractivity contribution in [2.45, 2.75) is 20.3 Å². The Bertz CT molecular complexity index is 264. The molecule has 0 aliphatic heterocycles. The number of hydrogen-bond acceptors (Lipinski definition) is 0. The first kappa shape index (κ1) is 11.3. The quantitative estimate of drug-likeness (QED) is 0.582. The Hall–Kier alpha value is 0.240. The van der Waals surface area contributed by atoms with Gasteiger partial charge in [-0.05, 0) is 52.1 Å². The summed E-state index contributed by atoms with van der Waals surface area (Å²) in [6.45, 7) is 4.38. The maximum absolute atomic E-state index is 5.87. The third-order valence-electron chi connectivity index (χ3n) is 1.96. The van der Waals surface area contributed by atoms with Gasteiger partial charge in [0.15, 0.2) is 0 Å². The lowest BCUT2D eigenvalue weighted by atomic mass is 9.88. The van der Waals surface area contributed by atoms with E-state index in [9.17, 15) is 0 Å². The maximum Gasteiger partial charge on any atom is 0.0277 e. The molecule has 1 aromatic rings. The maximum atomic E-state index is 5.87. The molecule has 1 rings (SSSR count). The van der Waals surface area contributed by atoms with Crippen LogP contribution in [0.1, 0.15) is 19.4 Å². The molecule has 0 spiro atoms. The molecule has 0 radical (unpaired) electrons. The zero-order valence-electron chi connectivity index (χ0n) is 7.98. The van der Waals surface area contributed by atoms with E-state index in [1.165, 1.54) is 9.13 Å². The van der Waals surface area contributed by atoms with E-state index in [4.69, 9.17) is 11.6 Å². The van der Waals surface area contributed by atoms with Crippen molar-refractivity contribution in [3.63, 3.8) is 0 Å². The largest absolute Gasteiger partial charge is 0.126 e. The Morgan fingerprint density at radius 3 is 2.23 bits per heavy atom. The first-order valence-electron chi connectivity index (χ1n) is 4.34. The van der Waals surface area contributed by atoms with E-state index < -0.39 is 0 Å². The minimum absolute atomic E-state index is 0.203. The third-order valence-corrected chi connectivity index (χ3v) is 3.40. The Morgan fingerprint density at radius 2 is 1.77 bits per heavy atom. The van der Waals surface area contributed by atoms with Crippen LogP contribution in [0.3, 0.4) is 0 Å². The van der Waals surface area contributed by atoms with E-state index in [1.807, 2.05) is 0 Å². The van der Waals surface area contributed by atoms with Crippen molar-refractivity contribution in [2.75, 3.05) is 5.88 Å². The summed E-state index contributed by atoms with van der Waals surface area (Å²) in [5.41, 5.74) is 1.57. The van der Waals surface area contributed by atoms with Gasteiger partial charge in [-0.3, -0.25) is 0 Å². The summed E-state index contributed by atoms with van der Waals surface area (Å²) in [7, 11) is 0. The van der Waals surface area contributed by atoms with Crippen LogP contribution in [-0.4, -0.2) is 5.88 Å². The highest BCUT2D eigenvalue weighted by molar-refractivity contribution is 14.1. The van der Waals surface area contributed by atoms with Gasteiger partial charge in [0.1, 0.15) is 0 Å². The molecular formula is C11H14ClI. The summed E-state index contributed by atoms with van der Waals surface area (Å²) >= 11 is 8.19. The van der Waals surface area contributed by atoms with Gasteiger partial charge in [-0.2, -0.15) is 0 Å². The molecule has 0 aliphatic carbocycles. The fraction of sp³-hybridized carbons (Fsp3) is 0.455. The monoisotopic (exact) mass is 308 g/mol. The van der Waals surface area contributed by atoms with Gasteiger partial charge in [-0.15, -0.1) is 11.6 Å². The van der Waals surface area contributed by atoms with Crippen LogP contribution in [0.25, 0.3) is 0 Å². The molecule has 0 bridgehead atoms. The van der Waals surface area contributed by atoms with E-state index >= 15 is 0 Å². The molecule has 0 fully saturated rings. The number of alkyl halides is 1. The van der Waals surface area contributed by atoms with Gasteiger partial charge in [0.2, 0.25) is 0 Å². The molecule has 0 saturated heterocycles. The SMILES string of the molecule is CC(C)(CCl)Cc1ccc(I)cc1. The lowest BCUT2D eigenvalue weighted by Crippen LogP contribution is -2.16. The fourth-order valence-electron chi connectivity index (χ4n) is 1.20. The van der Waals surface area contributed by atoms with Crippen LogP contribution in [0.4, 0.5) is 0 Å². The molecule has 0 heterocycles. The van der Waals surface area contributed by atoms with Crippen LogP contribution >= 0.6 is 34.2 Å². The summed E-state index contributed by atoms with van der Waals surface area (Å²) < 4.78 is 1.28. The van der Waals surface area contributed by atoms with Crippen molar-refractivity contribution in [1.29, 1.82) is 0 Å². The minimum Gasteiger partial charge on any atom is -0.126 e. The minimum atomic E-state index is 0.203. The summed E-state index contributed by atoms with van der Waals surface area (Å²) in [5, 5.41) is 0. The van der Waals surface area contributed by atoms with Crippen molar-refractivity contribution >= 4 is 34.2 Å². The second-order valence-electron chi connectivity index (χ2n) is 4.10. The number of rotatable bonds is 3. The highest BCUT2D eigenvalue weighted by Crippen LogP contribution is 2.23. The Kier molecular flexibility index (Phi) is 4.05. The molecule has 72 valence electrons. The Morgan fingerprint density at radius 1 is 1.23 bits per heavy atom. The standard InChI is InChI=1S/C11H14ClI/c1-11(2,8-12)7-9-3-5-10(13)6-4-9/h3-6H,7-8H2,1-2H3. The molecule has 0 N–H and O–H groups in total. The van der Waals surface area contributed by atoms with E-state index in [1.54, 1.807) is 0 Å². The molecule has 13 heavy (non-hydrogen) atoms. The average molecular weight is 309 g/mol. The lowest BCUT2D eigenvalue weighted by Gasteiger charge is -2.21. The van der Waals surface area contributed by atoms with Crippen molar-refractivity contribution in [1.82, 2.24) is 0 Å². The summed E-state index contributed by atoms with van der Waals surface area (Å²) in [5.74, 6) is 0.707. The van der Waals surface area contributed by atoms with Crippen LogP contribution in [0, 0.1) is 8.99 Å². The van der Waals surface area contributed by atoms with Crippen molar-refractivity contribution < 1.29 is 0 Å². The first-order valence-corrected chi connectivity index (χ1v) is 5.95. The number of halogens is 2. The molecule has 1 aromatic carbocycles. The fourth-order valence-corrected chi connectivity index (χ4v) is 1.66. The first-order chi connectivity index (χ1) is 6.03. The van der Waals surface area contributed by atoms with Crippen molar-refractivity contribution in [3.05, 3.63) is 33.4 Å². The topological polar surface area (TPSA) is 0 Å². The smallest absolute Gasteiger partial charge is 0.0277 e. The molecule has 0 aliphatic rings. The highest BCUT2D eigenvalue weighted by Gasteiger charge is 2.16. The van der Waals surface area contributed by atoms with Gasteiger partial charge >= 0.3 is 0 Å². The Labute approximate surface area is 98.8 Å². The predicted octanol–water partition coefficient (Wildman–Crippen LogP) is 4.10. The summed E-state index contributed by atoms with van der Waals surface area (Å²) in [4.78, 5) is 0. The molecule has 0 atom stereocenters. The molecule has 0 amide bonds. The van der Waals surface area contributed by atoms with Crippen LogP contribution in [0.2, 0.25) is 0 Å². The molecule has 2 heteroatoms. The van der Waals surface area contributed by atoms with Gasteiger partial charge in [0.25, 0.3) is 0 Å². The second-order valence-corrected chi connectivity index (χ2v) is 5.61. The van der Waals surface area contributed by atoms with Crippen molar-refractivity contribution in [3.8, 4) is 0 Å². The van der Waals surface area contributed by atoms with Crippen LogP contribution < -0.4 is 0 Å². The van der Waals surface area contributed by atoms with Gasteiger partial charge in [-0.25, -0.2) is 0 Å². The molecule has 0 aromatic heterocycles.